The van der Waals surface area contributed by atoms with Gasteiger partial charge < -0.3 is 5.11 Å². The molecule has 1 saturated carbocycles. The average Bonchev–Trinajstić information content (AvgIpc) is 2.07. The predicted octanol–water partition coefficient (Wildman–Crippen LogP) is 0.932. The van der Waals surface area contributed by atoms with Gasteiger partial charge in [-0.15, -0.1) is 0 Å². The number of rotatable bonds is 1. The van der Waals surface area contributed by atoms with Gasteiger partial charge in [0.15, 0.2) is 0 Å². The maximum atomic E-state index is 11.1. The summed E-state index contributed by atoms with van der Waals surface area (Å²) in [5.74, 6) is -1.60. The summed E-state index contributed by atoms with van der Waals surface area (Å²) in [5.41, 5.74) is 0. The second-order valence-electron chi connectivity index (χ2n) is 3.32. The van der Waals surface area contributed by atoms with Crippen LogP contribution in [0.2, 0.25) is 0 Å². The minimum atomic E-state index is -0.966. The average molecular weight is 156 g/mol. The van der Waals surface area contributed by atoms with E-state index in [2.05, 4.69) is 0 Å². The Morgan fingerprint density at radius 3 is 2.27 bits per heavy atom. The molecule has 0 heterocycles. The minimum absolute atomic E-state index is 0.000000000000000444. The molecule has 3 heteroatoms. The van der Waals surface area contributed by atoms with E-state index in [0.29, 0.717) is 6.42 Å². The fraction of sp³-hybridized carbons (Fsp3) is 0.750. The van der Waals surface area contributed by atoms with E-state index in [1.165, 1.54) is 0 Å². The topological polar surface area (TPSA) is 54.4 Å². The summed E-state index contributed by atoms with van der Waals surface area (Å²) in [6.07, 6.45) is 0.429. The normalized spacial score (nSPS) is 37.6. The second kappa shape index (κ2) is 2.64. The molecule has 0 radical (unpaired) electrons. The zero-order valence-electron chi connectivity index (χ0n) is 6.70. The number of hydrogen-bond donors (Lipinski definition) is 1. The third-order valence-electron chi connectivity index (χ3n) is 2.56. The standard InChI is InChI=1S/C8H12O3/c1-4-3-6(9)7(5(4)2)8(10)11/h4-5,7H,3H2,1-2H3,(H,10,11)/t4-,5+,7+/m0/s1. The lowest BCUT2D eigenvalue weighted by Gasteiger charge is -2.11. The number of ketones is 1. The van der Waals surface area contributed by atoms with Gasteiger partial charge in [-0.25, -0.2) is 0 Å². The molecule has 3 atom stereocenters. The summed E-state index contributed by atoms with van der Waals surface area (Å²) in [5, 5.41) is 8.65. The highest BCUT2D eigenvalue weighted by molar-refractivity contribution is 6.00. The number of aliphatic carboxylic acids is 1. The molecule has 0 bridgehead atoms. The first-order valence-electron chi connectivity index (χ1n) is 3.79. The first kappa shape index (κ1) is 8.24. The van der Waals surface area contributed by atoms with E-state index in [1.54, 1.807) is 0 Å². The van der Waals surface area contributed by atoms with Crippen molar-refractivity contribution >= 4 is 11.8 Å². The highest BCUT2D eigenvalue weighted by Gasteiger charge is 2.41. The van der Waals surface area contributed by atoms with Gasteiger partial charge in [-0.2, -0.15) is 0 Å². The first-order chi connectivity index (χ1) is 5.04. The van der Waals surface area contributed by atoms with Gasteiger partial charge in [-0.3, -0.25) is 9.59 Å². The van der Waals surface area contributed by atoms with Crippen LogP contribution in [0.3, 0.4) is 0 Å². The van der Waals surface area contributed by atoms with Crippen LogP contribution in [0.1, 0.15) is 20.3 Å². The Balaban J connectivity index is 2.79. The van der Waals surface area contributed by atoms with Crippen molar-refractivity contribution in [3.05, 3.63) is 0 Å². The van der Waals surface area contributed by atoms with E-state index >= 15 is 0 Å². The molecule has 1 rings (SSSR count). The number of carbonyl (C=O) groups is 2. The van der Waals surface area contributed by atoms with Crippen molar-refractivity contribution in [3.63, 3.8) is 0 Å². The number of carboxylic acids is 1. The van der Waals surface area contributed by atoms with Crippen LogP contribution in [0.5, 0.6) is 0 Å². The van der Waals surface area contributed by atoms with E-state index in [1.807, 2.05) is 13.8 Å². The van der Waals surface area contributed by atoms with E-state index in [0.717, 1.165) is 0 Å². The van der Waals surface area contributed by atoms with Crippen molar-refractivity contribution in [1.82, 2.24) is 0 Å². The Hall–Kier alpha value is -0.860. The molecule has 1 fully saturated rings. The fourth-order valence-corrected chi connectivity index (χ4v) is 1.61. The van der Waals surface area contributed by atoms with Gasteiger partial charge >= 0.3 is 5.97 Å². The van der Waals surface area contributed by atoms with Crippen molar-refractivity contribution in [1.29, 1.82) is 0 Å². The molecular weight excluding hydrogens is 144 g/mol. The molecule has 0 aliphatic heterocycles. The first-order valence-corrected chi connectivity index (χ1v) is 3.79. The third kappa shape index (κ3) is 1.27. The quantitative estimate of drug-likeness (QED) is 0.574. The molecule has 1 N–H and O–H groups in total. The minimum Gasteiger partial charge on any atom is -0.481 e. The van der Waals surface area contributed by atoms with Crippen molar-refractivity contribution in [3.8, 4) is 0 Å². The van der Waals surface area contributed by atoms with Crippen molar-refractivity contribution in [2.75, 3.05) is 0 Å². The molecule has 3 nitrogen and oxygen atoms in total. The predicted molar refractivity (Wildman–Crippen MR) is 39.1 cm³/mol. The molecule has 1 aliphatic carbocycles. The summed E-state index contributed by atoms with van der Waals surface area (Å²) in [6.45, 7) is 3.75. The van der Waals surface area contributed by atoms with Gasteiger partial charge in [0.05, 0.1) is 0 Å². The highest BCUT2D eigenvalue weighted by Crippen LogP contribution is 2.33. The third-order valence-corrected chi connectivity index (χ3v) is 2.56. The number of hydrogen-bond acceptors (Lipinski definition) is 2. The largest absolute Gasteiger partial charge is 0.481 e. The number of carboxylic acid groups (broad SMARTS) is 1. The number of carbonyl (C=O) groups excluding carboxylic acids is 1. The Morgan fingerprint density at radius 1 is 1.55 bits per heavy atom. The molecule has 0 saturated heterocycles. The summed E-state index contributed by atoms with van der Waals surface area (Å²) in [4.78, 5) is 21.6. The Bertz CT molecular complexity index is 198. The van der Waals surface area contributed by atoms with Crippen molar-refractivity contribution in [2.24, 2.45) is 17.8 Å². The van der Waals surface area contributed by atoms with Crippen molar-refractivity contribution < 1.29 is 14.7 Å². The lowest BCUT2D eigenvalue weighted by Crippen LogP contribution is -2.23. The SMILES string of the molecule is C[C@H]1[C@@H](C(=O)O)C(=O)C[C@@H]1C. The molecule has 0 unspecified atom stereocenters. The summed E-state index contributed by atoms with van der Waals surface area (Å²) >= 11 is 0. The zero-order chi connectivity index (χ0) is 8.59. The fourth-order valence-electron chi connectivity index (χ4n) is 1.61. The van der Waals surface area contributed by atoms with Gasteiger partial charge in [0.25, 0.3) is 0 Å². The van der Waals surface area contributed by atoms with Crippen LogP contribution in [0.15, 0.2) is 0 Å². The molecule has 0 aromatic rings. The van der Waals surface area contributed by atoms with Crippen LogP contribution in [-0.2, 0) is 9.59 Å². The maximum Gasteiger partial charge on any atom is 0.314 e. The zero-order valence-corrected chi connectivity index (χ0v) is 6.70. The van der Waals surface area contributed by atoms with Crippen LogP contribution in [0.25, 0.3) is 0 Å². The van der Waals surface area contributed by atoms with E-state index in [-0.39, 0.29) is 17.6 Å². The highest BCUT2D eigenvalue weighted by atomic mass is 16.4. The molecule has 1 aliphatic rings. The van der Waals surface area contributed by atoms with Gasteiger partial charge in [-0.05, 0) is 11.8 Å². The van der Waals surface area contributed by atoms with Crippen molar-refractivity contribution in [2.45, 2.75) is 20.3 Å². The van der Waals surface area contributed by atoms with Crippen LogP contribution < -0.4 is 0 Å². The van der Waals surface area contributed by atoms with Gasteiger partial charge in [0, 0.05) is 6.42 Å². The Morgan fingerprint density at radius 2 is 2.09 bits per heavy atom. The lowest BCUT2D eigenvalue weighted by atomic mass is 9.93. The maximum absolute atomic E-state index is 11.1. The van der Waals surface area contributed by atoms with Crippen LogP contribution in [0.4, 0.5) is 0 Å². The molecule has 11 heavy (non-hydrogen) atoms. The van der Waals surface area contributed by atoms with E-state index in [9.17, 15) is 9.59 Å². The molecule has 62 valence electrons. The van der Waals surface area contributed by atoms with Gasteiger partial charge in [0.2, 0.25) is 0 Å². The lowest BCUT2D eigenvalue weighted by molar-refractivity contribution is -0.146. The molecular formula is C8H12O3. The number of Topliss-reactive ketones (excluding diaryl/α,β-unsaturated/α-hetero) is 1. The molecule has 0 aromatic heterocycles. The van der Waals surface area contributed by atoms with E-state index in [4.69, 9.17) is 5.11 Å². The monoisotopic (exact) mass is 156 g/mol. The second-order valence-corrected chi connectivity index (χ2v) is 3.32. The molecule has 0 spiro atoms. The van der Waals surface area contributed by atoms with Gasteiger partial charge in [-0.1, -0.05) is 13.8 Å². The Labute approximate surface area is 65.4 Å². The van der Waals surface area contributed by atoms with Gasteiger partial charge in [0.1, 0.15) is 11.7 Å². The Kier molecular flexibility index (Phi) is 1.98. The summed E-state index contributed by atoms with van der Waals surface area (Å²) in [7, 11) is 0. The molecule has 0 amide bonds. The summed E-state index contributed by atoms with van der Waals surface area (Å²) < 4.78 is 0. The van der Waals surface area contributed by atoms with E-state index < -0.39 is 11.9 Å². The summed E-state index contributed by atoms with van der Waals surface area (Å²) in [6, 6.07) is 0. The van der Waals surface area contributed by atoms with Crippen LogP contribution in [-0.4, -0.2) is 16.9 Å². The van der Waals surface area contributed by atoms with Crippen LogP contribution >= 0.6 is 0 Å². The smallest absolute Gasteiger partial charge is 0.314 e. The molecule has 0 aromatic carbocycles. The van der Waals surface area contributed by atoms with Crippen LogP contribution in [0, 0.1) is 17.8 Å².